The number of halogens is 2. The van der Waals surface area contributed by atoms with Crippen molar-refractivity contribution >= 4 is 52.2 Å². The summed E-state index contributed by atoms with van der Waals surface area (Å²) in [4.78, 5) is 10.8. The molecule has 114 valence electrons. The molecule has 2 aromatic carbocycles. The van der Waals surface area contributed by atoms with Gasteiger partial charge >= 0.3 is 5.97 Å². The van der Waals surface area contributed by atoms with Gasteiger partial charge in [-0.25, -0.2) is 4.79 Å². The van der Waals surface area contributed by atoms with Gasteiger partial charge in [0.25, 0.3) is 0 Å². The van der Waals surface area contributed by atoms with Gasteiger partial charge in [-0.3, -0.25) is 0 Å². The number of anilines is 1. The van der Waals surface area contributed by atoms with Crippen molar-refractivity contribution in [3.8, 4) is 0 Å². The average Bonchev–Trinajstić information content (AvgIpc) is 2.48. The number of aromatic carboxylic acids is 1. The fraction of sp³-hybridized carbons (Fsp3) is 0.0667. The van der Waals surface area contributed by atoms with Crippen LogP contribution < -0.4 is 10.6 Å². The van der Waals surface area contributed by atoms with Crippen molar-refractivity contribution in [2.45, 2.75) is 6.54 Å². The van der Waals surface area contributed by atoms with Crippen LogP contribution in [0.2, 0.25) is 10.0 Å². The Kier molecular flexibility index (Phi) is 5.60. The lowest BCUT2D eigenvalue weighted by Gasteiger charge is -2.12. The Morgan fingerprint density at radius 2 is 1.82 bits per heavy atom. The Hall–Kier alpha value is -1.82. The van der Waals surface area contributed by atoms with Crippen molar-refractivity contribution < 1.29 is 9.90 Å². The van der Waals surface area contributed by atoms with Crippen molar-refractivity contribution in [1.29, 1.82) is 0 Å². The maximum absolute atomic E-state index is 10.8. The SMILES string of the molecule is O=C(O)c1ccc(CNC(=S)Nc2ccc(Cl)cc2Cl)cc1. The quantitative estimate of drug-likeness (QED) is 0.719. The molecule has 0 aliphatic rings. The Bertz CT molecular complexity index is 705. The maximum atomic E-state index is 10.8. The molecule has 2 rings (SSSR count). The molecule has 0 spiro atoms. The minimum Gasteiger partial charge on any atom is -0.478 e. The summed E-state index contributed by atoms with van der Waals surface area (Å²) in [6, 6.07) is 11.6. The van der Waals surface area contributed by atoms with E-state index in [2.05, 4.69) is 10.6 Å². The molecule has 0 unspecified atom stereocenters. The first-order valence-corrected chi connectivity index (χ1v) is 7.44. The molecule has 0 saturated carbocycles. The van der Waals surface area contributed by atoms with Gasteiger partial charge in [0.15, 0.2) is 5.11 Å². The van der Waals surface area contributed by atoms with Crippen molar-refractivity contribution in [3.63, 3.8) is 0 Å². The van der Waals surface area contributed by atoms with Crippen LogP contribution in [0, 0.1) is 0 Å². The molecule has 0 bridgehead atoms. The van der Waals surface area contributed by atoms with Crippen LogP contribution in [0.25, 0.3) is 0 Å². The smallest absolute Gasteiger partial charge is 0.335 e. The van der Waals surface area contributed by atoms with Gasteiger partial charge in [-0.2, -0.15) is 0 Å². The van der Waals surface area contributed by atoms with E-state index in [1.165, 1.54) is 0 Å². The first kappa shape index (κ1) is 16.5. The van der Waals surface area contributed by atoms with Crippen LogP contribution in [-0.4, -0.2) is 16.2 Å². The van der Waals surface area contributed by atoms with Crippen LogP contribution in [0.4, 0.5) is 5.69 Å². The van der Waals surface area contributed by atoms with Gasteiger partial charge in [0.1, 0.15) is 0 Å². The number of benzene rings is 2. The van der Waals surface area contributed by atoms with Crippen LogP contribution in [0.15, 0.2) is 42.5 Å². The molecule has 0 aliphatic carbocycles. The summed E-state index contributed by atoms with van der Waals surface area (Å²) in [6.07, 6.45) is 0. The van der Waals surface area contributed by atoms with E-state index in [0.29, 0.717) is 27.4 Å². The molecule has 4 nitrogen and oxygen atoms in total. The van der Waals surface area contributed by atoms with Gasteiger partial charge in [0.2, 0.25) is 0 Å². The van der Waals surface area contributed by atoms with Gasteiger partial charge in [0.05, 0.1) is 16.3 Å². The summed E-state index contributed by atoms with van der Waals surface area (Å²) >= 11 is 17.1. The summed E-state index contributed by atoms with van der Waals surface area (Å²) in [6.45, 7) is 0.469. The Balaban J connectivity index is 1.91. The van der Waals surface area contributed by atoms with Crippen molar-refractivity contribution in [2.24, 2.45) is 0 Å². The van der Waals surface area contributed by atoms with Crippen LogP contribution in [0.5, 0.6) is 0 Å². The van der Waals surface area contributed by atoms with Gasteiger partial charge in [0, 0.05) is 11.6 Å². The Morgan fingerprint density at radius 1 is 1.14 bits per heavy atom. The number of carboxylic acids is 1. The molecule has 2 aromatic rings. The van der Waals surface area contributed by atoms with E-state index in [4.69, 9.17) is 40.5 Å². The van der Waals surface area contributed by atoms with E-state index in [-0.39, 0.29) is 5.56 Å². The lowest BCUT2D eigenvalue weighted by atomic mass is 10.1. The summed E-state index contributed by atoms with van der Waals surface area (Å²) in [5.41, 5.74) is 1.82. The number of hydrogen-bond donors (Lipinski definition) is 3. The molecule has 0 atom stereocenters. The van der Waals surface area contributed by atoms with Crippen LogP contribution in [0.1, 0.15) is 15.9 Å². The summed E-state index contributed by atoms with van der Waals surface area (Å²) in [7, 11) is 0. The highest BCUT2D eigenvalue weighted by Gasteiger charge is 2.05. The highest BCUT2D eigenvalue weighted by atomic mass is 35.5. The zero-order valence-electron chi connectivity index (χ0n) is 11.3. The predicted molar refractivity (Wildman–Crippen MR) is 92.9 cm³/mol. The Labute approximate surface area is 143 Å². The molecule has 0 aliphatic heterocycles. The maximum Gasteiger partial charge on any atom is 0.335 e. The molecular formula is C15H12Cl2N2O2S. The molecule has 0 heterocycles. The van der Waals surface area contributed by atoms with Gasteiger partial charge in [-0.1, -0.05) is 35.3 Å². The molecular weight excluding hydrogens is 343 g/mol. The largest absolute Gasteiger partial charge is 0.478 e. The average molecular weight is 355 g/mol. The first-order chi connectivity index (χ1) is 10.5. The molecule has 7 heteroatoms. The van der Waals surface area contributed by atoms with Gasteiger partial charge in [-0.05, 0) is 48.1 Å². The summed E-state index contributed by atoms with van der Waals surface area (Å²) in [5, 5.41) is 16.3. The standard InChI is InChI=1S/C15H12Cl2N2O2S/c16-11-5-6-13(12(17)7-11)19-15(22)18-8-9-1-3-10(4-2-9)14(20)21/h1-7H,8H2,(H,20,21)(H2,18,19,22). The highest BCUT2D eigenvalue weighted by molar-refractivity contribution is 7.80. The molecule has 0 saturated heterocycles. The van der Waals surface area contributed by atoms with Gasteiger partial charge < -0.3 is 15.7 Å². The van der Waals surface area contributed by atoms with E-state index in [1.807, 2.05) is 0 Å². The van der Waals surface area contributed by atoms with E-state index in [9.17, 15) is 4.79 Å². The van der Waals surface area contributed by atoms with E-state index in [0.717, 1.165) is 5.56 Å². The second-order valence-electron chi connectivity index (χ2n) is 4.43. The highest BCUT2D eigenvalue weighted by Crippen LogP contribution is 2.25. The predicted octanol–water partition coefficient (Wildman–Crippen LogP) is 4.18. The van der Waals surface area contributed by atoms with Crippen LogP contribution in [0.3, 0.4) is 0 Å². The molecule has 3 N–H and O–H groups in total. The lowest BCUT2D eigenvalue weighted by Crippen LogP contribution is -2.28. The second-order valence-corrected chi connectivity index (χ2v) is 5.69. The van der Waals surface area contributed by atoms with Gasteiger partial charge in [-0.15, -0.1) is 0 Å². The third-order valence-electron chi connectivity index (χ3n) is 2.83. The number of thiocarbonyl (C=S) groups is 1. The third-order valence-corrected chi connectivity index (χ3v) is 3.63. The minimum absolute atomic E-state index is 0.248. The third kappa shape index (κ3) is 4.59. The molecule has 22 heavy (non-hydrogen) atoms. The van der Waals surface area contributed by atoms with Crippen LogP contribution >= 0.6 is 35.4 Å². The van der Waals surface area contributed by atoms with Crippen molar-refractivity contribution in [1.82, 2.24) is 5.32 Å². The van der Waals surface area contributed by atoms with Crippen molar-refractivity contribution in [3.05, 3.63) is 63.6 Å². The second kappa shape index (κ2) is 7.45. The molecule has 0 radical (unpaired) electrons. The number of hydrogen-bond acceptors (Lipinski definition) is 2. The zero-order chi connectivity index (χ0) is 16.1. The molecule has 0 aromatic heterocycles. The lowest BCUT2D eigenvalue weighted by molar-refractivity contribution is 0.0697. The fourth-order valence-electron chi connectivity index (χ4n) is 1.70. The summed E-state index contributed by atoms with van der Waals surface area (Å²) in [5.74, 6) is -0.950. The first-order valence-electron chi connectivity index (χ1n) is 6.28. The molecule has 0 fully saturated rings. The van der Waals surface area contributed by atoms with E-state index in [1.54, 1.807) is 42.5 Å². The molecule has 0 amide bonds. The monoisotopic (exact) mass is 354 g/mol. The number of nitrogens with one attached hydrogen (secondary N) is 2. The zero-order valence-corrected chi connectivity index (χ0v) is 13.6. The normalized spacial score (nSPS) is 10.1. The minimum atomic E-state index is -0.950. The number of rotatable bonds is 4. The van der Waals surface area contributed by atoms with Crippen molar-refractivity contribution in [2.75, 3.05) is 5.32 Å². The Morgan fingerprint density at radius 3 is 2.41 bits per heavy atom. The topological polar surface area (TPSA) is 61.4 Å². The number of carbonyl (C=O) groups is 1. The number of carboxylic acid groups (broad SMARTS) is 1. The van der Waals surface area contributed by atoms with Crippen LogP contribution in [-0.2, 0) is 6.54 Å². The fourth-order valence-corrected chi connectivity index (χ4v) is 2.34. The van der Waals surface area contributed by atoms with E-state index >= 15 is 0 Å². The summed E-state index contributed by atoms with van der Waals surface area (Å²) < 4.78 is 0. The van der Waals surface area contributed by atoms with E-state index < -0.39 is 5.97 Å².